The Morgan fingerprint density at radius 3 is 2.83 bits per heavy atom. The molecule has 30 heavy (non-hydrogen) atoms. The van der Waals surface area contributed by atoms with Gasteiger partial charge in [-0.2, -0.15) is 5.10 Å². The fourth-order valence-electron chi connectivity index (χ4n) is 4.32. The molecule has 0 aliphatic carbocycles. The van der Waals surface area contributed by atoms with Crippen molar-refractivity contribution in [1.82, 2.24) is 29.2 Å². The van der Waals surface area contributed by atoms with Gasteiger partial charge >= 0.3 is 0 Å². The van der Waals surface area contributed by atoms with Gasteiger partial charge in [0.15, 0.2) is 5.65 Å². The molecule has 0 spiro atoms. The average Bonchev–Trinajstić information content (AvgIpc) is 3.20. The largest absolute Gasteiger partial charge is 0.383 e. The Hall–Kier alpha value is -2.74. The number of ether oxygens (including phenoxy) is 1. The first-order chi connectivity index (χ1) is 14.5. The second-order valence-corrected chi connectivity index (χ2v) is 8.23. The lowest BCUT2D eigenvalue weighted by Gasteiger charge is -2.39. The number of hydrogen-bond acceptors (Lipinski definition) is 5. The molecule has 0 N–H and O–H groups in total. The number of amides is 1. The van der Waals surface area contributed by atoms with Crippen LogP contribution in [0.4, 0.5) is 0 Å². The fraction of sp³-hybridized carbons (Fsp3) is 0.545. The third-order valence-electron chi connectivity index (χ3n) is 5.77. The number of carbonyl (C=O) groups is 1. The number of pyridine rings is 1. The van der Waals surface area contributed by atoms with Crippen LogP contribution in [0.5, 0.6) is 0 Å². The summed E-state index contributed by atoms with van der Waals surface area (Å²) in [4.78, 5) is 23.8. The predicted molar refractivity (Wildman–Crippen MR) is 114 cm³/mol. The summed E-state index contributed by atoms with van der Waals surface area (Å²) in [6.45, 7) is 8.25. The van der Waals surface area contributed by atoms with Crippen molar-refractivity contribution < 1.29 is 9.53 Å². The summed E-state index contributed by atoms with van der Waals surface area (Å²) in [5, 5.41) is 4.54. The van der Waals surface area contributed by atoms with Crippen LogP contribution in [0.25, 0.3) is 11.2 Å². The first-order valence-corrected chi connectivity index (χ1v) is 10.6. The van der Waals surface area contributed by atoms with E-state index in [0.717, 1.165) is 54.3 Å². The number of fused-ring (bicyclic) bond motifs is 1. The molecule has 160 valence electrons. The minimum absolute atomic E-state index is 0.137. The molecule has 1 unspecified atom stereocenters. The van der Waals surface area contributed by atoms with E-state index in [-0.39, 0.29) is 11.9 Å². The molecular formula is C22H30N6O2. The number of imidazole rings is 1. The summed E-state index contributed by atoms with van der Waals surface area (Å²) in [6.07, 6.45) is 3.82. The van der Waals surface area contributed by atoms with Gasteiger partial charge in [-0.25, -0.2) is 9.97 Å². The third kappa shape index (κ3) is 3.96. The normalized spacial score (nSPS) is 15.5. The highest BCUT2D eigenvalue weighted by molar-refractivity contribution is 5.77. The molecule has 4 rings (SSSR count). The number of nitrogens with zero attached hydrogens (tertiary/aromatic N) is 6. The number of aromatic nitrogens is 5. The van der Waals surface area contributed by atoms with E-state index in [0.29, 0.717) is 19.1 Å². The van der Waals surface area contributed by atoms with Crippen molar-refractivity contribution in [2.75, 3.05) is 26.8 Å². The predicted octanol–water partition coefficient (Wildman–Crippen LogP) is 2.86. The van der Waals surface area contributed by atoms with Crippen LogP contribution in [-0.4, -0.2) is 61.9 Å². The van der Waals surface area contributed by atoms with Crippen LogP contribution in [0, 0.1) is 13.8 Å². The molecule has 8 heteroatoms. The monoisotopic (exact) mass is 410 g/mol. The smallest absolute Gasteiger partial charge is 0.222 e. The van der Waals surface area contributed by atoms with E-state index in [9.17, 15) is 4.79 Å². The number of rotatable bonds is 8. The minimum atomic E-state index is 0.137. The number of likely N-dealkylation sites (tertiary alicyclic amines) is 1. The lowest BCUT2D eigenvalue weighted by molar-refractivity contribution is -0.137. The molecule has 0 radical (unpaired) electrons. The minimum Gasteiger partial charge on any atom is -0.383 e. The molecule has 1 aliphatic rings. The summed E-state index contributed by atoms with van der Waals surface area (Å²) >= 11 is 0. The van der Waals surface area contributed by atoms with Gasteiger partial charge < -0.3 is 14.2 Å². The van der Waals surface area contributed by atoms with Crippen molar-refractivity contribution in [1.29, 1.82) is 0 Å². The van der Waals surface area contributed by atoms with Crippen LogP contribution in [0.3, 0.4) is 0 Å². The second kappa shape index (κ2) is 8.55. The number of hydrogen-bond donors (Lipinski definition) is 0. The molecule has 1 amide bonds. The van der Waals surface area contributed by atoms with Gasteiger partial charge in [0, 0.05) is 44.9 Å². The van der Waals surface area contributed by atoms with Crippen molar-refractivity contribution in [3.05, 3.63) is 41.6 Å². The molecule has 8 nitrogen and oxygen atoms in total. The van der Waals surface area contributed by atoms with Crippen molar-refractivity contribution in [3.8, 4) is 0 Å². The van der Waals surface area contributed by atoms with Crippen LogP contribution < -0.4 is 0 Å². The Morgan fingerprint density at radius 1 is 1.33 bits per heavy atom. The second-order valence-electron chi connectivity index (χ2n) is 8.23. The Bertz CT molecular complexity index is 1030. The maximum Gasteiger partial charge on any atom is 0.222 e. The van der Waals surface area contributed by atoms with Gasteiger partial charge in [0.2, 0.25) is 5.91 Å². The molecule has 0 bridgehead atoms. The quantitative estimate of drug-likeness (QED) is 0.571. The zero-order valence-corrected chi connectivity index (χ0v) is 18.2. The zero-order chi connectivity index (χ0) is 21.3. The first-order valence-electron chi connectivity index (χ1n) is 10.6. The summed E-state index contributed by atoms with van der Waals surface area (Å²) in [6, 6.07) is 6.39. The van der Waals surface area contributed by atoms with E-state index in [1.165, 1.54) is 0 Å². The lowest BCUT2D eigenvalue weighted by Crippen LogP contribution is -2.51. The van der Waals surface area contributed by atoms with Crippen molar-refractivity contribution in [3.63, 3.8) is 0 Å². The van der Waals surface area contributed by atoms with Gasteiger partial charge in [-0.05, 0) is 45.4 Å². The molecule has 1 fully saturated rings. The Kier molecular flexibility index (Phi) is 5.85. The Balaban J connectivity index is 1.34. The van der Waals surface area contributed by atoms with Crippen molar-refractivity contribution in [2.24, 2.45) is 0 Å². The van der Waals surface area contributed by atoms with Gasteiger partial charge in [-0.1, -0.05) is 0 Å². The summed E-state index contributed by atoms with van der Waals surface area (Å²) in [7, 11) is 1.70. The molecule has 0 aromatic carbocycles. The van der Waals surface area contributed by atoms with Gasteiger partial charge in [0.25, 0.3) is 0 Å². The average molecular weight is 411 g/mol. The van der Waals surface area contributed by atoms with E-state index < -0.39 is 0 Å². The molecule has 0 saturated carbocycles. The molecule has 1 atom stereocenters. The number of methoxy groups -OCH3 is 1. The van der Waals surface area contributed by atoms with Gasteiger partial charge in [-0.15, -0.1) is 0 Å². The molecule has 3 aromatic heterocycles. The maximum absolute atomic E-state index is 12.6. The molecule has 3 aromatic rings. The Labute approximate surface area is 176 Å². The van der Waals surface area contributed by atoms with E-state index in [1.807, 2.05) is 28.6 Å². The van der Waals surface area contributed by atoms with Gasteiger partial charge in [0.1, 0.15) is 11.3 Å². The van der Waals surface area contributed by atoms with E-state index in [4.69, 9.17) is 9.72 Å². The van der Waals surface area contributed by atoms with Crippen molar-refractivity contribution in [2.45, 2.75) is 52.1 Å². The highest BCUT2D eigenvalue weighted by Gasteiger charge is 2.32. The van der Waals surface area contributed by atoms with E-state index in [1.54, 1.807) is 13.3 Å². The summed E-state index contributed by atoms with van der Waals surface area (Å²) < 4.78 is 9.53. The van der Waals surface area contributed by atoms with E-state index in [2.05, 4.69) is 34.6 Å². The SMILES string of the molecule is COCC(C)n1c(CCCC(=O)N2CC(n3nc(C)cc3C)C2)nc2cccnc21. The molecule has 1 aliphatic heterocycles. The fourth-order valence-corrected chi connectivity index (χ4v) is 4.32. The molecule has 1 saturated heterocycles. The topological polar surface area (TPSA) is 78.1 Å². The van der Waals surface area contributed by atoms with Gasteiger partial charge in [0.05, 0.1) is 24.4 Å². The van der Waals surface area contributed by atoms with Crippen LogP contribution in [0.15, 0.2) is 24.4 Å². The first kappa shape index (κ1) is 20.5. The summed E-state index contributed by atoms with van der Waals surface area (Å²) in [5.41, 5.74) is 3.94. The highest BCUT2D eigenvalue weighted by atomic mass is 16.5. The zero-order valence-electron chi connectivity index (χ0n) is 18.2. The van der Waals surface area contributed by atoms with Crippen LogP contribution in [-0.2, 0) is 16.0 Å². The van der Waals surface area contributed by atoms with Gasteiger partial charge in [-0.3, -0.25) is 9.48 Å². The van der Waals surface area contributed by atoms with Crippen LogP contribution in [0.1, 0.15) is 49.1 Å². The molecular weight excluding hydrogens is 380 g/mol. The van der Waals surface area contributed by atoms with Crippen molar-refractivity contribution >= 4 is 17.1 Å². The molecule has 4 heterocycles. The maximum atomic E-state index is 12.6. The number of carbonyl (C=O) groups excluding carboxylic acids is 1. The Morgan fingerprint density at radius 2 is 2.13 bits per heavy atom. The third-order valence-corrected chi connectivity index (χ3v) is 5.77. The van der Waals surface area contributed by atoms with Crippen LogP contribution >= 0.6 is 0 Å². The number of aryl methyl sites for hydroxylation is 3. The standard InChI is InChI=1S/C22H30N6O2/c1-15-11-16(2)28(25-15)18-12-26(13-18)21(29)9-5-8-20-24-19-7-6-10-23-22(19)27(20)17(3)14-30-4/h6-7,10-11,17-18H,5,8-9,12-14H2,1-4H3. The van der Waals surface area contributed by atoms with Crippen LogP contribution in [0.2, 0.25) is 0 Å². The highest BCUT2D eigenvalue weighted by Crippen LogP contribution is 2.25. The van der Waals surface area contributed by atoms with E-state index >= 15 is 0 Å². The lowest BCUT2D eigenvalue weighted by atomic mass is 10.1. The summed E-state index contributed by atoms with van der Waals surface area (Å²) in [5.74, 6) is 1.17.